The molecular weight excluding hydrogens is 332 g/mol. The predicted molar refractivity (Wildman–Crippen MR) is 92.4 cm³/mol. The molecule has 20 heavy (non-hydrogen) atoms. The molecule has 1 saturated heterocycles. The Bertz CT molecular complexity index is 515. The lowest BCUT2D eigenvalue weighted by Crippen LogP contribution is -2.47. The molecule has 0 bridgehead atoms. The number of anilines is 1. The summed E-state index contributed by atoms with van der Waals surface area (Å²) in [5.41, 5.74) is 8.20. The predicted octanol–water partition coefficient (Wildman–Crippen LogP) is 4.24. The van der Waals surface area contributed by atoms with Crippen LogP contribution < -0.4 is 10.6 Å². The number of hydrogen-bond acceptors (Lipinski definition) is 2. The van der Waals surface area contributed by atoms with Gasteiger partial charge in [-0.3, -0.25) is 0 Å². The van der Waals surface area contributed by atoms with Gasteiger partial charge in [0.2, 0.25) is 0 Å². The summed E-state index contributed by atoms with van der Waals surface area (Å²) < 4.78 is 1.01. The summed E-state index contributed by atoms with van der Waals surface area (Å²) in [6.45, 7) is 1.13. The lowest BCUT2D eigenvalue weighted by molar-refractivity contribution is 0.244. The van der Waals surface area contributed by atoms with E-state index in [0.29, 0.717) is 11.0 Å². The molecule has 1 aromatic carbocycles. The molecule has 0 radical (unpaired) electrons. The van der Waals surface area contributed by atoms with Gasteiger partial charge in [0.25, 0.3) is 0 Å². The Kier molecular flexibility index (Phi) is 4.32. The highest BCUT2D eigenvalue weighted by Gasteiger charge is 2.34. The molecule has 1 heterocycles. The first-order chi connectivity index (χ1) is 9.68. The fourth-order valence-electron chi connectivity index (χ4n) is 3.92. The van der Waals surface area contributed by atoms with Crippen LogP contribution >= 0.6 is 28.1 Å². The summed E-state index contributed by atoms with van der Waals surface area (Å²) in [4.78, 5) is 3.07. The maximum atomic E-state index is 5.96. The van der Waals surface area contributed by atoms with E-state index in [-0.39, 0.29) is 0 Å². The second-order valence-electron chi connectivity index (χ2n) is 5.95. The van der Waals surface area contributed by atoms with Crippen molar-refractivity contribution >= 4 is 38.8 Å². The molecule has 3 rings (SSSR count). The summed E-state index contributed by atoms with van der Waals surface area (Å²) in [6.07, 6.45) is 8.12. The largest absolute Gasteiger partial charge is 0.389 e. The van der Waals surface area contributed by atoms with Crippen molar-refractivity contribution in [3.63, 3.8) is 0 Å². The molecule has 1 aliphatic heterocycles. The molecule has 1 aromatic rings. The molecule has 0 spiro atoms. The third kappa shape index (κ3) is 2.60. The number of halogens is 1. The van der Waals surface area contributed by atoms with Gasteiger partial charge in [0, 0.05) is 28.3 Å². The smallest absolute Gasteiger partial charge is 0.107 e. The van der Waals surface area contributed by atoms with E-state index in [2.05, 4.69) is 33.0 Å². The molecule has 4 heteroatoms. The van der Waals surface area contributed by atoms with Gasteiger partial charge >= 0.3 is 0 Å². The Labute approximate surface area is 134 Å². The van der Waals surface area contributed by atoms with Gasteiger partial charge in [0.05, 0.1) is 0 Å². The van der Waals surface area contributed by atoms with E-state index in [1.807, 2.05) is 6.07 Å². The highest BCUT2D eigenvalue weighted by molar-refractivity contribution is 9.10. The van der Waals surface area contributed by atoms with Gasteiger partial charge in [0.1, 0.15) is 4.99 Å². The van der Waals surface area contributed by atoms with E-state index in [1.54, 1.807) is 0 Å². The third-order valence-electron chi connectivity index (χ3n) is 4.79. The fourth-order valence-corrected chi connectivity index (χ4v) is 4.83. The summed E-state index contributed by atoms with van der Waals surface area (Å²) in [6, 6.07) is 6.98. The number of rotatable bonds is 2. The molecule has 108 valence electrons. The van der Waals surface area contributed by atoms with Crippen LogP contribution in [-0.2, 0) is 0 Å². The van der Waals surface area contributed by atoms with Gasteiger partial charge in [-0.05, 0) is 59.7 Å². The molecule has 0 aromatic heterocycles. The van der Waals surface area contributed by atoms with Crippen molar-refractivity contribution in [2.45, 2.75) is 44.6 Å². The van der Waals surface area contributed by atoms with E-state index < -0.39 is 0 Å². The lowest BCUT2D eigenvalue weighted by Gasteiger charge is -2.46. The van der Waals surface area contributed by atoms with E-state index in [4.69, 9.17) is 18.0 Å². The Morgan fingerprint density at radius 2 is 1.95 bits per heavy atom. The second kappa shape index (κ2) is 6.02. The quantitative estimate of drug-likeness (QED) is 0.807. The summed E-state index contributed by atoms with van der Waals surface area (Å²) in [7, 11) is 0. The molecule has 2 N–H and O–H groups in total. The number of piperidine rings is 1. The summed E-state index contributed by atoms with van der Waals surface area (Å²) >= 11 is 8.88. The first-order valence-electron chi connectivity index (χ1n) is 7.53. The number of nitrogens with zero attached hydrogens (tertiary/aromatic N) is 1. The molecular formula is C16H21BrN2S. The minimum Gasteiger partial charge on any atom is -0.389 e. The van der Waals surface area contributed by atoms with E-state index in [0.717, 1.165) is 22.5 Å². The maximum absolute atomic E-state index is 5.96. The van der Waals surface area contributed by atoms with Crippen molar-refractivity contribution in [2.24, 2.45) is 11.7 Å². The average molecular weight is 353 g/mol. The van der Waals surface area contributed by atoms with Crippen LogP contribution in [0.15, 0.2) is 22.7 Å². The molecule has 2 atom stereocenters. The Hall–Kier alpha value is -0.610. The zero-order chi connectivity index (χ0) is 14.1. The molecule has 1 aliphatic carbocycles. The Morgan fingerprint density at radius 1 is 1.20 bits per heavy atom. The van der Waals surface area contributed by atoms with Crippen LogP contribution in [0.4, 0.5) is 5.69 Å². The van der Waals surface area contributed by atoms with Gasteiger partial charge in [0.15, 0.2) is 0 Å². The van der Waals surface area contributed by atoms with Crippen LogP contribution in [0, 0.1) is 5.92 Å². The molecule has 2 fully saturated rings. The normalized spacial score (nSPS) is 26.1. The fraction of sp³-hybridized carbons (Fsp3) is 0.562. The third-order valence-corrected chi connectivity index (χ3v) is 5.66. The van der Waals surface area contributed by atoms with E-state index in [9.17, 15) is 0 Å². The standard InChI is InChI=1S/C16H21BrN2S/c17-12-7-3-9-14(15(12)16(18)20)19-10-4-6-11-5-1-2-8-13(11)19/h3,7,9,11,13H,1-2,4-6,8,10H2,(H2,18,20)/t11-,13-/m1/s1. The Balaban J connectivity index is 1.99. The number of fused-ring (bicyclic) bond motifs is 1. The number of benzene rings is 1. The minimum atomic E-state index is 0.491. The number of hydrogen-bond donors (Lipinski definition) is 1. The van der Waals surface area contributed by atoms with Crippen LogP contribution in [0.25, 0.3) is 0 Å². The maximum Gasteiger partial charge on any atom is 0.107 e. The molecule has 1 saturated carbocycles. The zero-order valence-corrected chi connectivity index (χ0v) is 14.0. The van der Waals surface area contributed by atoms with E-state index in [1.165, 1.54) is 44.2 Å². The topological polar surface area (TPSA) is 29.3 Å². The van der Waals surface area contributed by atoms with Crippen molar-refractivity contribution in [3.05, 3.63) is 28.2 Å². The zero-order valence-electron chi connectivity index (χ0n) is 11.6. The SMILES string of the molecule is NC(=S)c1c(Br)cccc1N1CCC[C@H]2CCCC[C@H]21. The molecule has 0 unspecified atom stereocenters. The highest BCUT2D eigenvalue weighted by atomic mass is 79.9. The van der Waals surface area contributed by atoms with Crippen molar-refractivity contribution in [2.75, 3.05) is 11.4 Å². The monoisotopic (exact) mass is 352 g/mol. The van der Waals surface area contributed by atoms with Crippen molar-refractivity contribution < 1.29 is 0 Å². The first kappa shape index (κ1) is 14.3. The van der Waals surface area contributed by atoms with Crippen LogP contribution in [0.5, 0.6) is 0 Å². The van der Waals surface area contributed by atoms with E-state index >= 15 is 0 Å². The van der Waals surface area contributed by atoms with Crippen molar-refractivity contribution in [3.8, 4) is 0 Å². The average Bonchev–Trinajstić information content (AvgIpc) is 2.46. The van der Waals surface area contributed by atoms with Crippen molar-refractivity contribution in [1.82, 2.24) is 0 Å². The Morgan fingerprint density at radius 3 is 2.75 bits per heavy atom. The molecule has 0 amide bonds. The van der Waals surface area contributed by atoms with Gasteiger partial charge in [-0.15, -0.1) is 0 Å². The lowest BCUT2D eigenvalue weighted by atomic mass is 9.78. The summed E-state index contributed by atoms with van der Waals surface area (Å²) in [5.74, 6) is 0.857. The van der Waals surface area contributed by atoms with Gasteiger partial charge in [-0.1, -0.05) is 31.1 Å². The number of thiocarbonyl (C=S) groups is 1. The summed E-state index contributed by atoms with van der Waals surface area (Å²) in [5, 5.41) is 0. The van der Waals surface area contributed by atoms with Crippen LogP contribution in [0.2, 0.25) is 0 Å². The highest BCUT2D eigenvalue weighted by Crippen LogP contribution is 2.40. The van der Waals surface area contributed by atoms with Crippen LogP contribution in [-0.4, -0.2) is 17.6 Å². The van der Waals surface area contributed by atoms with Crippen molar-refractivity contribution in [1.29, 1.82) is 0 Å². The van der Waals surface area contributed by atoms with Crippen LogP contribution in [0.3, 0.4) is 0 Å². The first-order valence-corrected chi connectivity index (χ1v) is 8.73. The number of nitrogens with two attached hydrogens (primary N) is 1. The van der Waals surface area contributed by atoms with Gasteiger partial charge < -0.3 is 10.6 Å². The molecule has 2 aliphatic rings. The van der Waals surface area contributed by atoms with Gasteiger partial charge in [-0.25, -0.2) is 0 Å². The minimum absolute atomic E-state index is 0.491. The van der Waals surface area contributed by atoms with Crippen LogP contribution in [0.1, 0.15) is 44.1 Å². The second-order valence-corrected chi connectivity index (χ2v) is 7.24. The van der Waals surface area contributed by atoms with Gasteiger partial charge in [-0.2, -0.15) is 0 Å². The molecule has 2 nitrogen and oxygen atoms in total.